The molecule has 0 aromatic heterocycles. The van der Waals surface area contributed by atoms with Crippen LogP contribution in [0.5, 0.6) is 5.75 Å². The summed E-state index contributed by atoms with van der Waals surface area (Å²) in [7, 11) is 0. The van der Waals surface area contributed by atoms with E-state index in [1.54, 1.807) is 6.07 Å². The maximum Gasteiger partial charge on any atom is 0.311 e. The summed E-state index contributed by atoms with van der Waals surface area (Å²) >= 11 is 0. The fourth-order valence-corrected chi connectivity index (χ4v) is 2.49. The number of nitro benzene ring substituents is 1. The van der Waals surface area contributed by atoms with Crippen LogP contribution in [-0.4, -0.2) is 15.8 Å². The van der Waals surface area contributed by atoms with Gasteiger partial charge < -0.3 is 5.11 Å². The van der Waals surface area contributed by atoms with Crippen molar-refractivity contribution in [2.75, 3.05) is 0 Å². The van der Waals surface area contributed by atoms with Gasteiger partial charge in [-0.2, -0.15) is 0 Å². The van der Waals surface area contributed by atoms with Crippen LogP contribution >= 0.6 is 0 Å². The van der Waals surface area contributed by atoms with Gasteiger partial charge in [0, 0.05) is 11.6 Å². The first-order valence-corrected chi connectivity index (χ1v) is 7.24. The van der Waals surface area contributed by atoms with Crippen molar-refractivity contribution in [2.24, 2.45) is 0 Å². The van der Waals surface area contributed by atoms with Crippen LogP contribution in [0.2, 0.25) is 0 Å². The molecule has 0 saturated heterocycles. The van der Waals surface area contributed by atoms with Crippen LogP contribution in [0.4, 0.5) is 5.69 Å². The molecule has 0 saturated carbocycles. The second-order valence-corrected chi connectivity index (χ2v) is 5.23. The lowest BCUT2D eigenvalue weighted by atomic mass is 10.0. The maximum atomic E-state index is 12.4. The molecule has 0 heterocycles. The minimum atomic E-state index is -0.667. The lowest BCUT2D eigenvalue weighted by Gasteiger charge is -2.03. The molecule has 0 atom stereocenters. The molecule has 3 rings (SSSR count). The number of carbonyl (C=O) groups is 1. The molecule has 0 radical (unpaired) electrons. The quantitative estimate of drug-likeness (QED) is 0.335. The number of phenolic OH excluding ortho intramolecular Hbond substituents is 1. The van der Waals surface area contributed by atoms with Crippen molar-refractivity contribution < 1.29 is 14.8 Å². The number of aromatic hydroxyl groups is 1. The van der Waals surface area contributed by atoms with E-state index >= 15 is 0 Å². The first-order chi connectivity index (χ1) is 11.6. The van der Waals surface area contributed by atoms with Crippen LogP contribution in [-0.2, 0) is 0 Å². The van der Waals surface area contributed by atoms with Crippen molar-refractivity contribution in [2.45, 2.75) is 0 Å². The van der Waals surface area contributed by atoms with Crippen LogP contribution in [0.3, 0.4) is 0 Å². The molecule has 0 unspecified atom stereocenters. The van der Waals surface area contributed by atoms with E-state index in [0.717, 1.165) is 10.8 Å². The molecule has 1 N–H and O–H groups in total. The Kier molecular flexibility index (Phi) is 4.07. The highest BCUT2D eigenvalue weighted by Crippen LogP contribution is 2.27. The molecular weight excluding hydrogens is 306 g/mol. The van der Waals surface area contributed by atoms with Gasteiger partial charge in [-0.1, -0.05) is 54.6 Å². The number of benzene rings is 3. The SMILES string of the molecule is O=C(/C=C/c1ccc(O)c([N+](=O)[O-])c1)c1cccc2ccccc12. The highest BCUT2D eigenvalue weighted by atomic mass is 16.6. The number of fused-ring (bicyclic) bond motifs is 1. The summed E-state index contributed by atoms with van der Waals surface area (Å²) in [5.74, 6) is -0.597. The summed E-state index contributed by atoms with van der Waals surface area (Å²) in [6, 6.07) is 17.0. The fraction of sp³-hybridized carbons (Fsp3) is 0. The number of nitro groups is 1. The summed E-state index contributed by atoms with van der Waals surface area (Å²) in [5.41, 5.74) is 0.639. The minimum Gasteiger partial charge on any atom is -0.502 e. The van der Waals surface area contributed by atoms with Gasteiger partial charge in [-0.25, -0.2) is 0 Å². The first kappa shape index (κ1) is 15.4. The number of hydrogen-bond donors (Lipinski definition) is 1. The Morgan fingerprint density at radius 2 is 1.79 bits per heavy atom. The summed E-state index contributed by atoms with van der Waals surface area (Å²) < 4.78 is 0. The third-order valence-corrected chi connectivity index (χ3v) is 3.68. The molecule has 0 bridgehead atoms. The molecule has 0 fully saturated rings. The molecule has 0 amide bonds. The number of phenols is 1. The number of ketones is 1. The van der Waals surface area contributed by atoms with E-state index in [9.17, 15) is 20.0 Å². The van der Waals surface area contributed by atoms with Crippen molar-refractivity contribution in [3.8, 4) is 5.75 Å². The monoisotopic (exact) mass is 319 g/mol. The molecule has 3 aromatic carbocycles. The zero-order valence-corrected chi connectivity index (χ0v) is 12.5. The average molecular weight is 319 g/mol. The van der Waals surface area contributed by atoms with Gasteiger partial charge in [0.05, 0.1) is 4.92 Å². The molecule has 5 heteroatoms. The number of nitrogens with zero attached hydrogens (tertiary/aromatic N) is 1. The van der Waals surface area contributed by atoms with E-state index in [1.807, 2.05) is 36.4 Å². The molecule has 0 spiro atoms. The summed E-state index contributed by atoms with van der Waals surface area (Å²) in [4.78, 5) is 22.6. The predicted octanol–water partition coefficient (Wildman–Crippen LogP) is 4.35. The molecule has 24 heavy (non-hydrogen) atoms. The van der Waals surface area contributed by atoms with Gasteiger partial charge >= 0.3 is 5.69 Å². The van der Waals surface area contributed by atoms with Crippen LogP contribution in [0, 0.1) is 10.1 Å². The van der Waals surface area contributed by atoms with E-state index < -0.39 is 16.4 Å². The highest BCUT2D eigenvalue weighted by molar-refractivity contribution is 6.14. The second-order valence-electron chi connectivity index (χ2n) is 5.23. The molecule has 0 aliphatic rings. The summed E-state index contributed by atoms with van der Waals surface area (Å²) in [6.07, 6.45) is 2.87. The van der Waals surface area contributed by atoms with E-state index in [2.05, 4.69) is 0 Å². The van der Waals surface area contributed by atoms with Gasteiger partial charge in [0.25, 0.3) is 0 Å². The van der Waals surface area contributed by atoms with Crippen LogP contribution < -0.4 is 0 Å². The molecule has 0 aliphatic carbocycles. The van der Waals surface area contributed by atoms with Crippen LogP contribution in [0.25, 0.3) is 16.8 Å². The Labute approximate surface area is 137 Å². The largest absolute Gasteiger partial charge is 0.502 e. The Morgan fingerprint density at radius 3 is 2.58 bits per heavy atom. The molecule has 118 valence electrons. The smallest absolute Gasteiger partial charge is 0.311 e. The van der Waals surface area contributed by atoms with Gasteiger partial charge in [-0.05, 0) is 28.5 Å². The van der Waals surface area contributed by atoms with Gasteiger partial charge in [0.2, 0.25) is 0 Å². The number of carbonyl (C=O) groups excluding carboxylic acids is 1. The fourth-order valence-electron chi connectivity index (χ4n) is 2.49. The lowest BCUT2D eigenvalue weighted by molar-refractivity contribution is -0.385. The lowest BCUT2D eigenvalue weighted by Crippen LogP contribution is -1.95. The Morgan fingerprint density at radius 1 is 1.04 bits per heavy atom. The third kappa shape index (κ3) is 3.01. The maximum absolute atomic E-state index is 12.4. The van der Waals surface area contributed by atoms with Crippen molar-refractivity contribution in [1.29, 1.82) is 0 Å². The Hall–Kier alpha value is -3.47. The van der Waals surface area contributed by atoms with Gasteiger partial charge in [-0.15, -0.1) is 0 Å². The standard InChI is InChI=1S/C19H13NO4/c21-18(16-7-3-5-14-4-1-2-6-15(14)16)10-8-13-9-11-19(22)17(12-13)20(23)24/h1-12,22H/b10-8+. The normalized spacial score (nSPS) is 11.0. The molecule has 3 aromatic rings. The first-order valence-electron chi connectivity index (χ1n) is 7.24. The van der Waals surface area contributed by atoms with E-state index in [4.69, 9.17) is 0 Å². The zero-order valence-electron chi connectivity index (χ0n) is 12.5. The number of allylic oxidation sites excluding steroid dienone is 1. The average Bonchev–Trinajstić information content (AvgIpc) is 2.60. The topological polar surface area (TPSA) is 80.4 Å². The highest BCUT2D eigenvalue weighted by Gasteiger charge is 2.13. The summed E-state index contributed by atoms with van der Waals surface area (Å²) in [6.45, 7) is 0. The molecule has 0 aliphatic heterocycles. The molecular formula is C19H13NO4. The number of hydrogen-bond acceptors (Lipinski definition) is 4. The van der Waals surface area contributed by atoms with Crippen LogP contribution in [0.15, 0.2) is 66.7 Å². The van der Waals surface area contributed by atoms with E-state index in [0.29, 0.717) is 11.1 Å². The van der Waals surface area contributed by atoms with E-state index in [-0.39, 0.29) is 5.78 Å². The van der Waals surface area contributed by atoms with Crippen molar-refractivity contribution >= 4 is 28.3 Å². The Bertz CT molecular complexity index is 971. The van der Waals surface area contributed by atoms with Gasteiger partial charge in [0.15, 0.2) is 11.5 Å². The third-order valence-electron chi connectivity index (χ3n) is 3.68. The van der Waals surface area contributed by atoms with Gasteiger partial charge in [-0.3, -0.25) is 14.9 Å². The minimum absolute atomic E-state index is 0.192. The van der Waals surface area contributed by atoms with E-state index in [1.165, 1.54) is 30.4 Å². The van der Waals surface area contributed by atoms with Crippen molar-refractivity contribution in [3.05, 3.63) is 88.0 Å². The second kappa shape index (κ2) is 6.34. The number of rotatable bonds is 4. The zero-order chi connectivity index (χ0) is 17.1. The van der Waals surface area contributed by atoms with Crippen LogP contribution in [0.1, 0.15) is 15.9 Å². The van der Waals surface area contributed by atoms with Crippen molar-refractivity contribution in [1.82, 2.24) is 0 Å². The van der Waals surface area contributed by atoms with Crippen molar-refractivity contribution in [3.63, 3.8) is 0 Å². The summed E-state index contributed by atoms with van der Waals surface area (Å²) in [5, 5.41) is 22.1. The predicted molar refractivity (Wildman–Crippen MR) is 92.1 cm³/mol. The molecule has 5 nitrogen and oxygen atoms in total. The Balaban J connectivity index is 1.93. The van der Waals surface area contributed by atoms with Gasteiger partial charge in [0.1, 0.15) is 0 Å².